The van der Waals surface area contributed by atoms with Gasteiger partial charge in [-0.15, -0.1) is 0 Å². The van der Waals surface area contributed by atoms with Crippen molar-refractivity contribution in [3.8, 4) is 16.9 Å². The summed E-state index contributed by atoms with van der Waals surface area (Å²) in [4.78, 5) is 10.3. The molecule has 0 radical (unpaired) electrons. The summed E-state index contributed by atoms with van der Waals surface area (Å²) in [6.45, 7) is 4.84. The minimum atomic E-state index is 0.466. The highest BCUT2D eigenvalue weighted by molar-refractivity contribution is 6.25. The van der Waals surface area contributed by atoms with Gasteiger partial charge in [0.15, 0.2) is 5.65 Å². The van der Waals surface area contributed by atoms with Gasteiger partial charge in [0.1, 0.15) is 29.0 Å². The quantitative estimate of drug-likeness (QED) is 0.199. The minimum absolute atomic E-state index is 0.466. The number of fused-ring (bicyclic) bond motifs is 12. The number of para-hydroxylation sites is 3. The molecule has 0 aliphatic carbocycles. The maximum absolute atomic E-state index is 6.53. The van der Waals surface area contributed by atoms with E-state index in [2.05, 4.69) is 65.6 Å². The second-order valence-corrected chi connectivity index (χ2v) is 11.4. The lowest BCUT2D eigenvalue weighted by Crippen LogP contribution is -1.97. The molecule has 5 nitrogen and oxygen atoms in total. The van der Waals surface area contributed by atoms with Gasteiger partial charge in [0, 0.05) is 27.1 Å². The standard InChI is InChI=1S/C39H23N3O2/c1-22-9-3-2-8-18-43-38-25(22)15-16-32-35(38)28-20-24(23-14-17-34-27(19-23)26-10-4-7-13-33(26)44-34)21-29-36-39(42(32)37(28)29)41-31-12-6-5-11-30(31)40-36/h2-17,19-21H,1,18H2/b8-2-,9-3-. The van der Waals surface area contributed by atoms with Crippen LogP contribution in [-0.4, -0.2) is 21.0 Å². The van der Waals surface area contributed by atoms with Gasteiger partial charge in [-0.25, -0.2) is 9.97 Å². The van der Waals surface area contributed by atoms with E-state index in [1.54, 1.807) is 0 Å². The first kappa shape index (κ1) is 23.6. The van der Waals surface area contributed by atoms with Crippen molar-refractivity contribution < 1.29 is 9.15 Å². The highest BCUT2D eigenvalue weighted by Crippen LogP contribution is 2.46. The molecule has 1 aliphatic heterocycles. The Kier molecular flexibility index (Phi) is 4.59. The summed E-state index contributed by atoms with van der Waals surface area (Å²) in [6.07, 6.45) is 8.08. The molecule has 5 heteroatoms. The number of furan rings is 1. The number of hydrogen-bond donors (Lipinski definition) is 0. The molecule has 0 spiro atoms. The fourth-order valence-electron chi connectivity index (χ4n) is 6.94. The van der Waals surface area contributed by atoms with Crippen LogP contribution in [0.3, 0.4) is 0 Å². The molecule has 0 unspecified atom stereocenters. The molecule has 4 aromatic heterocycles. The highest BCUT2D eigenvalue weighted by atomic mass is 16.5. The zero-order valence-corrected chi connectivity index (χ0v) is 23.5. The lowest BCUT2D eigenvalue weighted by molar-refractivity contribution is 0.366. The van der Waals surface area contributed by atoms with Crippen LogP contribution in [0.4, 0.5) is 0 Å². The average Bonchev–Trinajstić information content (AvgIpc) is 3.72. The van der Waals surface area contributed by atoms with Crippen LogP contribution < -0.4 is 4.74 Å². The lowest BCUT2D eigenvalue weighted by atomic mass is 9.97. The van der Waals surface area contributed by atoms with E-state index in [-0.39, 0.29) is 0 Å². The van der Waals surface area contributed by atoms with Crippen LogP contribution >= 0.6 is 0 Å². The smallest absolute Gasteiger partial charge is 0.165 e. The normalized spacial score (nSPS) is 15.3. The first-order valence-electron chi connectivity index (χ1n) is 14.7. The monoisotopic (exact) mass is 565 g/mol. The van der Waals surface area contributed by atoms with E-state index in [0.717, 1.165) is 99.3 Å². The lowest BCUT2D eigenvalue weighted by Gasteiger charge is -2.13. The molecular weight excluding hydrogens is 542 g/mol. The summed E-state index contributed by atoms with van der Waals surface area (Å²) in [5.41, 5.74) is 11.5. The third kappa shape index (κ3) is 3.13. The molecule has 10 rings (SSSR count). The van der Waals surface area contributed by atoms with Gasteiger partial charge >= 0.3 is 0 Å². The summed E-state index contributed by atoms with van der Waals surface area (Å²) < 4.78 is 14.9. The van der Waals surface area contributed by atoms with Gasteiger partial charge in [-0.1, -0.05) is 61.2 Å². The van der Waals surface area contributed by atoms with E-state index in [1.165, 1.54) is 0 Å². The van der Waals surface area contributed by atoms with Crippen molar-refractivity contribution in [1.82, 2.24) is 14.4 Å². The molecule has 5 aromatic carbocycles. The van der Waals surface area contributed by atoms with E-state index in [0.29, 0.717) is 6.61 Å². The number of allylic oxidation sites excluding steroid dienone is 4. The van der Waals surface area contributed by atoms with Crippen molar-refractivity contribution in [3.05, 3.63) is 127 Å². The first-order chi connectivity index (χ1) is 21.7. The molecule has 0 atom stereocenters. The number of aromatic nitrogens is 3. The summed E-state index contributed by atoms with van der Waals surface area (Å²) in [5.74, 6) is 0.837. The van der Waals surface area contributed by atoms with Crippen LogP contribution in [0, 0.1) is 0 Å². The zero-order valence-electron chi connectivity index (χ0n) is 23.5. The van der Waals surface area contributed by atoms with Crippen molar-refractivity contribution in [2.45, 2.75) is 0 Å². The SMILES string of the molecule is C=C1/C=C\C=C/COc2c1ccc1c2c2cc(-c3ccc4oc5ccccc5c4c3)cc3c4nc5ccccc5nc4n1c32. The molecule has 0 bridgehead atoms. The third-order valence-corrected chi connectivity index (χ3v) is 8.92. The van der Waals surface area contributed by atoms with Gasteiger partial charge in [-0.2, -0.15) is 0 Å². The molecule has 0 saturated carbocycles. The molecule has 0 N–H and O–H groups in total. The fourth-order valence-corrected chi connectivity index (χ4v) is 6.94. The summed E-state index contributed by atoms with van der Waals surface area (Å²) >= 11 is 0. The Morgan fingerprint density at radius 1 is 0.705 bits per heavy atom. The van der Waals surface area contributed by atoms with Crippen molar-refractivity contribution >= 4 is 76.9 Å². The fraction of sp³-hybridized carbons (Fsp3) is 0.0256. The molecule has 44 heavy (non-hydrogen) atoms. The Hall–Kier alpha value is -5.94. The van der Waals surface area contributed by atoms with Crippen molar-refractivity contribution in [1.29, 1.82) is 0 Å². The molecule has 5 heterocycles. The number of rotatable bonds is 1. The number of hydrogen-bond acceptors (Lipinski definition) is 4. The third-order valence-electron chi connectivity index (χ3n) is 8.92. The molecule has 0 saturated heterocycles. The largest absolute Gasteiger partial charge is 0.488 e. The molecule has 9 aromatic rings. The average molecular weight is 566 g/mol. The molecule has 0 amide bonds. The summed E-state index contributed by atoms with van der Waals surface area (Å²) in [5, 5.41) is 5.43. The van der Waals surface area contributed by atoms with E-state index < -0.39 is 0 Å². The van der Waals surface area contributed by atoms with Crippen LogP contribution in [-0.2, 0) is 0 Å². The molecule has 1 aliphatic rings. The second kappa shape index (κ2) is 8.55. The maximum Gasteiger partial charge on any atom is 0.165 e. The summed E-state index contributed by atoms with van der Waals surface area (Å²) in [7, 11) is 0. The van der Waals surface area contributed by atoms with E-state index in [4.69, 9.17) is 19.1 Å². The first-order valence-corrected chi connectivity index (χ1v) is 14.7. The Bertz CT molecular complexity index is 2740. The predicted octanol–water partition coefficient (Wildman–Crippen LogP) is 9.86. The number of ether oxygens (including phenoxy) is 1. The highest BCUT2D eigenvalue weighted by Gasteiger charge is 2.25. The predicted molar refractivity (Wildman–Crippen MR) is 180 cm³/mol. The van der Waals surface area contributed by atoms with Gasteiger partial charge in [0.25, 0.3) is 0 Å². The Morgan fingerprint density at radius 2 is 1.50 bits per heavy atom. The van der Waals surface area contributed by atoms with Gasteiger partial charge < -0.3 is 9.15 Å². The van der Waals surface area contributed by atoms with Gasteiger partial charge in [-0.05, 0) is 77.4 Å². The maximum atomic E-state index is 6.53. The molecule has 0 fully saturated rings. The van der Waals surface area contributed by atoms with E-state index in [9.17, 15) is 0 Å². The molecule has 206 valence electrons. The van der Waals surface area contributed by atoms with Crippen molar-refractivity contribution in [2.75, 3.05) is 6.61 Å². The Labute approximate surface area is 251 Å². The van der Waals surface area contributed by atoms with Crippen LogP contribution in [0.5, 0.6) is 5.75 Å². The topological polar surface area (TPSA) is 52.6 Å². The minimum Gasteiger partial charge on any atom is -0.488 e. The van der Waals surface area contributed by atoms with E-state index >= 15 is 0 Å². The number of nitrogens with zero attached hydrogens (tertiary/aromatic N) is 3. The van der Waals surface area contributed by atoms with E-state index in [1.807, 2.05) is 60.7 Å². The second-order valence-electron chi connectivity index (χ2n) is 11.4. The number of benzene rings is 5. The van der Waals surface area contributed by atoms with Gasteiger partial charge in [-0.3, -0.25) is 4.40 Å². The zero-order chi connectivity index (χ0) is 28.9. The Balaban J connectivity index is 1.37. The van der Waals surface area contributed by atoms with Gasteiger partial charge in [0.2, 0.25) is 0 Å². The summed E-state index contributed by atoms with van der Waals surface area (Å²) in [6, 6.07) is 31.6. The van der Waals surface area contributed by atoms with Crippen molar-refractivity contribution in [2.24, 2.45) is 0 Å². The van der Waals surface area contributed by atoms with Crippen LogP contribution in [0.15, 0.2) is 126 Å². The molecular formula is C39H23N3O2. The Morgan fingerprint density at radius 3 is 2.43 bits per heavy atom. The van der Waals surface area contributed by atoms with Crippen LogP contribution in [0.2, 0.25) is 0 Å². The van der Waals surface area contributed by atoms with Crippen molar-refractivity contribution in [3.63, 3.8) is 0 Å². The van der Waals surface area contributed by atoms with Crippen LogP contribution in [0.1, 0.15) is 5.56 Å². The van der Waals surface area contributed by atoms with Crippen LogP contribution in [0.25, 0.3) is 88.0 Å². The van der Waals surface area contributed by atoms with Gasteiger partial charge in [0.05, 0.1) is 27.5 Å².